The van der Waals surface area contributed by atoms with Gasteiger partial charge in [-0.15, -0.1) is 0 Å². The van der Waals surface area contributed by atoms with Crippen molar-refractivity contribution in [1.82, 2.24) is 5.48 Å². The number of fused-ring (bicyclic) bond motifs is 3. The number of nitrogens with one attached hydrogen (secondary N) is 1. The van der Waals surface area contributed by atoms with Gasteiger partial charge in [0.05, 0.1) is 0 Å². The predicted molar refractivity (Wildman–Crippen MR) is 118 cm³/mol. The largest absolute Gasteiger partial charge is 0.317 e. The molecule has 0 bridgehead atoms. The zero-order valence-electron chi connectivity index (χ0n) is 16.8. The summed E-state index contributed by atoms with van der Waals surface area (Å²) in [5.41, 5.74) is 8.40. The van der Waals surface area contributed by atoms with Crippen molar-refractivity contribution in [3.8, 4) is 11.1 Å². The second-order valence-electron chi connectivity index (χ2n) is 7.96. The minimum atomic E-state index is -0.476. The number of nitrogens with zero attached hydrogens (tertiary/aromatic N) is 1. The topological polar surface area (TPSA) is 61.7 Å². The fraction of sp³-hybridized carbons (Fsp3) is 0.478. The highest BCUT2D eigenvalue weighted by molar-refractivity contribution is 9.10. The third-order valence-electron chi connectivity index (χ3n) is 6.01. The van der Waals surface area contributed by atoms with E-state index in [1.807, 2.05) is 13.0 Å². The summed E-state index contributed by atoms with van der Waals surface area (Å²) in [6.07, 6.45) is 4.81. The third kappa shape index (κ3) is 3.68. The molecule has 0 aromatic heterocycles. The molecular formula is C23H29BrN2O2. The van der Waals surface area contributed by atoms with Crippen molar-refractivity contribution in [2.75, 3.05) is 0 Å². The number of hydrogen-bond acceptors (Lipinski definition) is 4. The van der Waals surface area contributed by atoms with Crippen LogP contribution in [-0.2, 0) is 5.41 Å². The van der Waals surface area contributed by atoms with Crippen molar-refractivity contribution in [2.24, 2.45) is 5.18 Å². The summed E-state index contributed by atoms with van der Waals surface area (Å²) < 4.78 is 1.10. The second-order valence-corrected chi connectivity index (χ2v) is 8.88. The van der Waals surface area contributed by atoms with Crippen LogP contribution in [0.4, 0.5) is 0 Å². The minimum absolute atomic E-state index is 0.0256. The van der Waals surface area contributed by atoms with Crippen LogP contribution in [0.25, 0.3) is 11.1 Å². The number of hydroxylamine groups is 1. The van der Waals surface area contributed by atoms with Crippen LogP contribution in [0, 0.1) is 4.91 Å². The van der Waals surface area contributed by atoms with Gasteiger partial charge in [-0.1, -0.05) is 72.1 Å². The molecule has 0 heterocycles. The molecule has 2 N–H and O–H groups in total. The Hall–Kier alpha value is -1.56. The number of rotatable bonds is 9. The van der Waals surface area contributed by atoms with Gasteiger partial charge in [-0.2, -0.15) is 4.91 Å². The summed E-state index contributed by atoms with van der Waals surface area (Å²) in [6, 6.07) is 12.3. The van der Waals surface area contributed by atoms with E-state index in [1.54, 1.807) is 0 Å². The van der Waals surface area contributed by atoms with E-state index in [4.69, 9.17) is 5.21 Å². The first-order valence-corrected chi connectivity index (χ1v) is 11.0. The molecule has 0 fully saturated rings. The number of nitroso groups, excluding NO2 is 1. The molecule has 2 aromatic carbocycles. The molecule has 150 valence electrons. The molecule has 5 heteroatoms. The fourth-order valence-corrected chi connectivity index (χ4v) is 5.20. The SMILES string of the molecule is CCCC1(CCC)c2cc(Br)ccc2-c2ccc(C(CC(C)NO)N=O)cc21. The molecule has 1 aliphatic rings. The standard InChI is InChI=1S/C23H29BrN2O2/c1-4-10-23(11-5-2)20-13-16(22(26-28)12-15(3)25-27)6-8-18(20)19-9-7-17(24)14-21(19)23/h6-9,13-15,22,25,27H,4-5,10-12H2,1-3H3. The maximum absolute atomic E-state index is 11.6. The van der Waals surface area contributed by atoms with Crippen molar-refractivity contribution in [1.29, 1.82) is 0 Å². The van der Waals surface area contributed by atoms with Gasteiger partial charge in [-0.3, -0.25) is 0 Å². The Labute approximate surface area is 175 Å². The average molecular weight is 445 g/mol. The highest BCUT2D eigenvalue weighted by Crippen LogP contribution is 2.54. The Balaban J connectivity index is 2.16. The van der Waals surface area contributed by atoms with E-state index in [2.05, 4.69) is 70.8 Å². The Kier molecular flexibility index (Phi) is 6.69. The molecule has 2 atom stereocenters. The van der Waals surface area contributed by atoms with Crippen LogP contribution in [0.1, 0.15) is 75.6 Å². The van der Waals surface area contributed by atoms with Gasteiger partial charge in [-0.05, 0) is 66.1 Å². The third-order valence-corrected chi connectivity index (χ3v) is 6.50. The molecule has 4 nitrogen and oxygen atoms in total. The predicted octanol–water partition coefficient (Wildman–Crippen LogP) is 6.88. The van der Waals surface area contributed by atoms with E-state index >= 15 is 0 Å². The Bertz CT molecular complexity index is 846. The average Bonchev–Trinajstić information content (AvgIpc) is 2.95. The summed E-state index contributed by atoms with van der Waals surface area (Å²) in [4.78, 5) is 11.6. The van der Waals surface area contributed by atoms with Gasteiger partial charge in [0.2, 0.25) is 0 Å². The maximum atomic E-state index is 11.6. The maximum Gasteiger partial charge on any atom is 0.118 e. The summed E-state index contributed by atoms with van der Waals surface area (Å²) in [7, 11) is 0. The van der Waals surface area contributed by atoms with Gasteiger partial charge in [0, 0.05) is 15.9 Å². The molecule has 1 aliphatic carbocycles. The van der Waals surface area contributed by atoms with E-state index in [0.29, 0.717) is 6.42 Å². The fourth-order valence-electron chi connectivity index (χ4n) is 4.84. The first-order chi connectivity index (χ1) is 13.5. The lowest BCUT2D eigenvalue weighted by molar-refractivity contribution is 0.125. The van der Waals surface area contributed by atoms with Gasteiger partial charge >= 0.3 is 0 Å². The zero-order valence-corrected chi connectivity index (χ0v) is 18.4. The summed E-state index contributed by atoms with van der Waals surface area (Å²) in [5, 5.41) is 12.5. The lowest BCUT2D eigenvalue weighted by atomic mass is 9.71. The lowest BCUT2D eigenvalue weighted by Gasteiger charge is -2.32. The summed E-state index contributed by atoms with van der Waals surface area (Å²) in [6.45, 7) is 6.32. The van der Waals surface area contributed by atoms with Crippen LogP contribution in [0.15, 0.2) is 46.0 Å². The Morgan fingerprint density at radius 3 is 2.25 bits per heavy atom. The normalized spacial score (nSPS) is 16.3. The summed E-state index contributed by atoms with van der Waals surface area (Å²) in [5.74, 6) is 0. The van der Waals surface area contributed by atoms with Crippen molar-refractivity contribution < 1.29 is 5.21 Å². The Morgan fingerprint density at radius 1 is 1.07 bits per heavy atom. The molecule has 0 saturated heterocycles. The van der Waals surface area contributed by atoms with E-state index in [-0.39, 0.29) is 11.5 Å². The highest BCUT2D eigenvalue weighted by Gasteiger charge is 2.42. The lowest BCUT2D eigenvalue weighted by Crippen LogP contribution is -2.26. The number of benzene rings is 2. The smallest absolute Gasteiger partial charge is 0.118 e. The van der Waals surface area contributed by atoms with Crippen LogP contribution >= 0.6 is 15.9 Å². The van der Waals surface area contributed by atoms with Crippen molar-refractivity contribution in [3.05, 3.63) is 62.5 Å². The van der Waals surface area contributed by atoms with Crippen molar-refractivity contribution in [3.63, 3.8) is 0 Å². The van der Waals surface area contributed by atoms with E-state index in [0.717, 1.165) is 35.7 Å². The molecule has 2 unspecified atom stereocenters. The van der Waals surface area contributed by atoms with Crippen LogP contribution < -0.4 is 5.48 Å². The minimum Gasteiger partial charge on any atom is -0.317 e. The van der Waals surface area contributed by atoms with Gasteiger partial charge < -0.3 is 5.21 Å². The molecule has 0 amide bonds. The monoisotopic (exact) mass is 444 g/mol. The molecule has 0 aliphatic heterocycles. The quantitative estimate of drug-likeness (QED) is 0.327. The van der Waals surface area contributed by atoms with Crippen molar-refractivity contribution >= 4 is 15.9 Å². The van der Waals surface area contributed by atoms with Crippen LogP contribution in [0.5, 0.6) is 0 Å². The van der Waals surface area contributed by atoms with Crippen molar-refractivity contribution in [2.45, 2.75) is 70.4 Å². The molecule has 2 aromatic rings. The molecular weight excluding hydrogens is 416 g/mol. The van der Waals surface area contributed by atoms with E-state index in [1.165, 1.54) is 22.3 Å². The molecule has 0 radical (unpaired) electrons. The van der Waals surface area contributed by atoms with E-state index in [9.17, 15) is 4.91 Å². The van der Waals surface area contributed by atoms with Gasteiger partial charge in [0.25, 0.3) is 0 Å². The van der Waals surface area contributed by atoms with Crippen LogP contribution in [-0.4, -0.2) is 11.2 Å². The van der Waals surface area contributed by atoms with Gasteiger partial charge in [0.1, 0.15) is 6.04 Å². The van der Waals surface area contributed by atoms with Gasteiger partial charge in [0.15, 0.2) is 0 Å². The molecule has 0 spiro atoms. The molecule has 28 heavy (non-hydrogen) atoms. The van der Waals surface area contributed by atoms with Crippen LogP contribution in [0.2, 0.25) is 0 Å². The Morgan fingerprint density at radius 2 is 1.68 bits per heavy atom. The first-order valence-electron chi connectivity index (χ1n) is 10.2. The van der Waals surface area contributed by atoms with Gasteiger partial charge in [-0.25, -0.2) is 5.48 Å². The summed E-state index contributed by atoms with van der Waals surface area (Å²) >= 11 is 3.66. The molecule has 0 saturated carbocycles. The van der Waals surface area contributed by atoms with E-state index < -0.39 is 6.04 Å². The number of halogens is 1. The second kappa shape index (κ2) is 8.85. The number of hydrogen-bond donors (Lipinski definition) is 2. The molecule has 3 rings (SSSR count). The highest BCUT2D eigenvalue weighted by atomic mass is 79.9. The first kappa shape index (κ1) is 21.2. The zero-order chi connectivity index (χ0) is 20.3. The van der Waals surface area contributed by atoms with Crippen LogP contribution in [0.3, 0.4) is 0 Å².